The lowest BCUT2D eigenvalue weighted by molar-refractivity contribution is 0.180. The first-order valence-electron chi connectivity index (χ1n) is 8.37. The van der Waals surface area contributed by atoms with E-state index in [0.29, 0.717) is 37.6 Å². The zero-order valence-electron chi connectivity index (χ0n) is 15.2. The van der Waals surface area contributed by atoms with Gasteiger partial charge in [-0.3, -0.25) is 9.58 Å². The van der Waals surface area contributed by atoms with Crippen molar-refractivity contribution >= 4 is 10.0 Å². The van der Waals surface area contributed by atoms with Gasteiger partial charge in [0.05, 0.1) is 11.4 Å². The lowest BCUT2D eigenvalue weighted by Gasteiger charge is -2.33. The van der Waals surface area contributed by atoms with E-state index in [1.165, 1.54) is 5.56 Å². The van der Waals surface area contributed by atoms with Crippen molar-refractivity contribution in [1.29, 1.82) is 0 Å². The Morgan fingerprint density at radius 3 is 2.36 bits per heavy atom. The molecule has 25 heavy (non-hydrogen) atoms. The van der Waals surface area contributed by atoms with E-state index in [2.05, 4.69) is 22.1 Å². The molecule has 1 fully saturated rings. The van der Waals surface area contributed by atoms with E-state index in [9.17, 15) is 8.42 Å². The molecule has 0 aromatic carbocycles. The van der Waals surface area contributed by atoms with Crippen LogP contribution in [0.25, 0.3) is 0 Å². The molecule has 3 heterocycles. The Bertz CT molecular complexity index is 847. The van der Waals surface area contributed by atoms with Gasteiger partial charge in [-0.25, -0.2) is 8.42 Å². The molecule has 0 amide bonds. The molecule has 138 valence electrons. The molecular formula is C16H25N5O3S. The summed E-state index contributed by atoms with van der Waals surface area (Å²) in [5.74, 6) is 0.260. The molecule has 1 aliphatic heterocycles. The van der Waals surface area contributed by atoms with E-state index in [1.807, 2.05) is 18.7 Å². The minimum absolute atomic E-state index is 0.130. The van der Waals surface area contributed by atoms with Gasteiger partial charge in [-0.05, 0) is 20.8 Å². The van der Waals surface area contributed by atoms with E-state index in [-0.39, 0.29) is 5.75 Å². The molecule has 8 nitrogen and oxygen atoms in total. The first kappa shape index (κ1) is 18.1. The monoisotopic (exact) mass is 367 g/mol. The van der Waals surface area contributed by atoms with E-state index >= 15 is 0 Å². The predicted molar refractivity (Wildman–Crippen MR) is 93.4 cm³/mol. The number of hydrogen-bond donors (Lipinski definition) is 0. The number of rotatable bonds is 5. The zero-order valence-corrected chi connectivity index (χ0v) is 16.0. The van der Waals surface area contributed by atoms with Crippen LogP contribution in [0.5, 0.6) is 0 Å². The molecule has 2 aromatic rings. The molecule has 0 saturated carbocycles. The fourth-order valence-electron chi connectivity index (χ4n) is 3.19. The van der Waals surface area contributed by atoms with E-state index in [1.54, 1.807) is 17.3 Å². The van der Waals surface area contributed by atoms with Crippen LogP contribution in [0.4, 0.5) is 0 Å². The SMILES string of the molecule is Cc1cc(CS(=O)(=O)N2CCN(Cc3c(C)nn(C)c3C)CC2)on1. The lowest BCUT2D eigenvalue weighted by Crippen LogP contribution is -2.48. The summed E-state index contributed by atoms with van der Waals surface area (Å²) in [5, 5.41) is 8.20. The van der Waals surface area contributed by atoms with Crippen molar-refractivity contribution in [2.24, 2.45) is 7.05 Å². The molecule has 0 spiro atoms. The van der Waals surface area contributed by atoms with Crippen LogP contribution in [-0.4, -0.2) is 58.7 Å². The van der Waals surface area contributed by atoms with Crippen molar-refractivity contribution in [1.82, 2.24) is 24.1 Å². The molecule has 1 saturated heterocycles. The number of sulfonamides is 1. The highest BCUT2D eigenvalue weighted by Gasteiger charge is 2.29. The number of hydrogen-bond acceptors (Lipinski definition) is 6. The topological polar surface area (TPSA) is 84.5 Å². The van der Waals surface area contributed by atoms with Gasteiger partial charge in [0.1, 0.15) is 5.75 Å². The van der Waals surface area contributed by atoms with Crippen molar-refractivity contribution in [3.8, 4) is 0 Å². The second-order valence-corrected chi connectivity index (χ2v) is 8.61. The predicted octanol–water partition coefficient (Wildman–Crippen LogP) is 0.981. The van der Waals surface area contributed by atoms with E-state index in [0.717, 1.165) is 17.9 Å². The summed E-state index contributed by atoms with van der Waals surface area (Å²) < 4.78 is 33.6. The van der Waals surface area contributed by atoms with Crippen LogP contribution in [0.3, 0.4) is 0 Å². The molecule has 2 aromatic heterocycles. The van der Waals surface area contributed by atoms with Crippen molar-refractivity contribution in [2.75, 3.05) is 26.2 Å². The second kappa shape index (κ2) is 6.89. The maximum atomic E-state index is 12.5. The highest BCUT2D eigenvalue weighted by molar-refractivity contribution is 7.88. The Hall–Kier alpha value is -1.71. The fraction of sp³-hybridized carbons (Fsp3) is 0.625. The third-order valence-corrected chi connectivity index (χ3v) is 6.57. The quantitative estimate of drug-likeness (QED) is 0.783. The molecule has 0 atom stereocenters. The third kappa shape index (κ3) is 3.94. The summed E-state index contributed by atoms with van der Waals surface area (Å²) in [6.07, 6.45) is 0. The Morgan fingerprint density at radius 1 is 1.16 bits per heavy atom. The Kier molecular flexibility index (Phi) is 4.99. The fourth-order valence-corrected chi connectivity index (χ4v) is 4.59. The number of piperazine rings is 1. The largest absolute Gasteiger partial charge is 0.360 e. The lowest BCUT2D eigenvalue weighted by atomic mass is 10.1. The van der Waals surface area contributed by atoms with Gasteiger partial charge < -0.3 is 4.52 Å². The van der Waals surface area contributed by atoms with Gasteiger partial charge in [0.25, 0.3) is 0 Å². The minimum Gasteiger partial charge on any atom is -0.360 e. The van der Waals surface area contributed by atoms with Crippen molar-refractivity contribution in [3.63, 3.8) is 0 Å². The average Bonchev–Trinajstić information content (AvgIpc) is 3.05. The van der Waals surface area contributed by atoms with Crippen molar-refractivity contribution in [3.05, 3.63) is 34.5 Å². The molecule has 0 unspecified atom stereocenters. The van der Waals surface area contributed by atoms with Crippen molar-refractivity contribution < 1.29 is 12.9 Å². The van der Waals surface area contributed by atoms with Crippen molar-refractivity contribution in [2.45, 2.75) is 33.1 Å². The molecule has 3 rings (SSSR count). The molecule has 0 aliphatic carbocycles. The second-order valence-electron chi connectivity index (χ2n) is 6.64. The van der Waals surface area contributed by atoms with Gasteiger partial charge >= 0.3 is 0 Å². The summed E-state index contributed by atoms with van der Waals surface area (Å²) in [5.41, 5.74) is 4.12. The van der Waals surface area contributed by atoms with Gasteiger partial charge in [-0.2, -0.15) is 9.40 Å². The van der Waals surface area contributed by atoms with E-state index < -0.39 is 10.0 Å². The van der Waals surface area contributed by atoms with Crippen LogP contribution in [0.1, 0.15) is 28.4 Å². The molecule has 0 radical (unpaired) electrons. The smallest absolute Gasteiger partial charge is 0.221 e. The Labute approximate surface area is 148 Å². The summed E-state index contributed by atoms with van der Waals surface area (Å²) in [7, 11) is -1.43. The standard InChI is InChI=1S/C16H25N5O3S/c1-12-9-15(24-18-12)11-25(22,23)21-7-5-20(6-8-21)10-16-13(2)17-19(4)14(16)3/h9H,5-8,10-11H2,1-4H3. The number of aromatic nitrogens is 3. The third-order valence-electron chi connectivity index (χ3n) is 4.77. The average molecular weight is 367 g/mol. The van der Waals surface area contributed by atoms with Crippen LogP contribution in [0, 0.1) is 20.8 Å². The molecule has 0 bridgehead atoms. The summed E-state index contributed by atoms with van der Waals surface area (Å²) in [4.78, 5) is 2.28. The normalized spacial score (nSPS) is 17.3. The van der Waals surface area contributed by atoms with Gasteiger partial charge in [-0.1, -0.05) is 5.16 Å². The van der Waals surface area contributed by atoms with Gasteiger partial charge in [0.15, 0.2) is 5.76 Å². The van der Waals surface area contributed by atoms with Gasteiger partial charge in [-0.15, -0.1) is 0 Å². The van der Waals surface area contributed by atoms with E-state index in [4.69, 9.17) is 4.52 Å². The molecule has 0 N–H and O–H groups in total. The highest BCUT2D eigenvalue weighted by atomic mass is 32.2. The number of aryl methyl sites for hydroxylation is 3. The maximum Gasteiger partial charge on any atom is 0.221 e. The minimum atomic E-state index is -3.38. The highest BCUT2D eigenvalue weighted by Crippen LogP contribution is 2.18. The van der Waals surface area contributed by atoms with Crippen LogP contribution >= 0.6 is 0 Å². The maximum absolute atomic E-state index is 12.5. The zero-order chi connectivity index (χ0) is 18.2. The number of nitrogens with zero attached hydrogens (tertiary/aromatic N) is 5. The van der Waals surface area contributed by atoms with Crippen LogP contribution < -0.4 is 0 Å². The van der Waals surface area contributed by atoms with Crippen LogP contribution in [0.15, 0.2) is 10.6 Å². The molecular weight excluding hydrogens is 342 g/mol. The van der Waals surface area contributed by atoms with Crippen LogP contribution in [-0.2, 0) is 29.4 Å². The summed E-state index contributed by atoms with van der Waals surface area (Å²) in [6, 6.07) is 1.67. The Morgan fingerprint density at radius 2 is 1.84 bits per heavy atom. The summed E-state index contributed by atoms with van der Waals surface area (Å²) >= 11 is 0. The van der Waals surface area contributed by atoms with Crippen LogP contribution in [0.2, 0.25) is 0 Å². The molecule has 1 aliphatic rings. The first-order valence-corrected chi connectivity index (χ1v) is 9.98. The van der Waals surface area contributed by atoms with Gasteiger partial charge in [0.2, 0.25) is 10.0 Å². The molecule has 9 heteroatoms. The van der Waals surface area contributed by atoms with Gasteiger partial charge in [0, 0.05) is 57.1 Å². The first-order chi connectivity index (χ1) is 11.8. The Balaban J connectivity index is 1.59. The summed E-state index contributed by atoms with van der Waals surface area (Å²) in [6.45, 7) is 9.08.